The monoisotopic (exact) mass is 424 g/mol. The van der Waals surface area contributed by atoms with Crippen LogP contribution in [-0.2, 0) is 0 Å². The molecule has 1 N–H and O–H groups in total. The molecule has 2 atom stereocenters. The number of rotatable bonds is 6. The van der Waals surface area contributed by atoms with Gasteiger partial charge in [0, 0.05) is 38.2 Å². The molecule has 2 aromatic heterocycles. The third-order valence-electron chi connectivity index (χ3n) is 5.85. The highest BCUT2D eigenvalue weighted by Crippen LogP contribution is 2.43. The maximum Gasteiger partial charge on any atom is 0.276 e. The fourth-order valence-corrected chi connectivity index (χ4v) is 4.32. The summed E-state index contributed by atoms with van der Waals surface area (Å²) in [7, 11) is 1.60. The first-order chi connectivity index (χ1) is 14.8. The summed E-state index contributed by atoms with van der Waals surface area (Å²) in [4.78, 5) is 30.7. The van der Waals surface area contributed by atoms with Crippen molar-refractivity contribution in [1.29, 1.82) is 0 Å². The molecule has 1 saturated heterocycles. The standard InChI is InChI=1S/C22H28N6O3/c1-22(2,3)13-23-17-7-6-16(24-20(17)27(4)26-30)14-5-8-19-15(14)9-11-28(19)21(29)18-10-12-31-25-18/h5-7,10,12,15,19,23H,8-9,11,13H2,1-4H3. The Balaban J connectivity index is 1.56. The zero-order valence-corrected chi connectivity index (χ0v) is 18.3. The van der Waals surface area contributed by atoms with Crippen molar-refractivity contribution < 1.29 is 9.32 Å². The second-order valence-corrected chi connectivity index (χ2v) is 9.33. The van der Waals surface area contributed by atoms with Gasteiger partial charge in [-0.25, -0.2) is 9.99 Å². The van der Waals surface area contributed by atoms with E-state index in [-0.39, 0.29) is 23.3 Å². The first-order valence-electron chi connectivity index (χ1n) is 10.5. The zero-order valence-electron chi connectivity index (χ0n) is 18.3. The minimum absolute atomic E-state index is 0.0774. The second-order valence-electron chi connectivity index (χ2n) is 9.33. The number of hydrogen-bond acceptors (Lipinski definition) is 7. The topological polar surface area (TPSA) is 104 Å². The number of fused-ring (bicyclic) bond motifs is 1. The Morgan fingerprint density at radius 2 is 2.16 bits per heavy atom. The van der Waals surface area contributed by atoms with Crippen LogP contribution in [0.5, 0.6) is 0 Å². The Labute approximate surface area is 181 Å². The van der Waals surface area contributed by atoms with Crippen LogP contribution in [0.15, 0.2) is 40.3 Å². The van der Waals surface area contributed by atoms with Gasteiger partial charge in [0.1, 0.15) is 6.26 Å². The van der Waals surface area contributed by atoms with Crippen molar-refractivity contribution in [2.45, 2.75) is 39.7 Å². The summed E-state index contributed by atoms with van der Waals surface area (Å²) in [5, 5.41) is 11.5. The molecular formula is C22H28N6O3. The lowest BCUT2D eigenvalue weighted by Crippen LogP contribution is -2.36. The molecule has 9 heteroatoms. The summed E-state index contributed by atoms with van der Waals surface area (Å²) in [6, 6.07) is 5.61. The van der Waals surface area contributed by atoms with E-state index in [9.17, 15) is 9.70 Å². The van der Waals surface area contributed by atoms with Crippen molar-refractivity contribution in [3.63, 3.8) is 0 Å². The van der Waals surface area contributed by atoms with Crippen LogP contribution < -0.4 is 10.3 Å². The zero-order chi connectivity index (χ0) is 22.2. The average Bonchev–Trinajstić information content (AvgIpc) is 3.48. The quantitative estimate of drug-likeness (QED) is 0.553. The molecule has 0 saturated carbocycles. The van der Waals surface area contributed by atoms with Crippen LogP contribution in [0.2, 0.25) is 0 Å². The van der Waals surface area contributed by atoms with Gasteiger partial charge >= 0.3 is 0 Å². The molecule has 0 radical (unpaired) electrons. The first kappa shape index (κ1) is 21.0. The van der Waals surface area contributed by atoms with Gasteiger partial charge in [0.2, 0.25) is 0 Å². The van der Waals surface area contributed by atoms with Gasteiger partial charge in [-0.15, -0.1) is 4.91 Å². The van der Waals surface area contributed by atoms with E-state index in [0.717, 1.165) is 36.3 Å². The van der Waals surface area contributed by atoms with Crippen LogP contribution in [0.25, 0.3) is 5.57 Å². The van der Waals surface area contributed by atoms with Crippen molar-refractivity contribution in [3.8, 4) is 0 Å². The maximum atomic E-state index is 12.8. The van der Waals surface area contributed by atoms with Gasteiger partial charge in [-0.1, -0.05) is 32.0 Å². The first-order valence-corrected chi connectivity index (χ1v) is 10.5. The molecule has 1 aliphatic heterocycles. The number of nitroso groups, excluding NO2 is 1. The van der Waals surface area contributed by atoms with Gasteiger partial charge < -0.3 is 14.7 Å². The van der Waals surface area contributed by atoms with Gasteiger partial charge in [-0.05, 0) is 36.0 Å². The van der Waals surface area contributed by atoms with Gasteiger partial charge in [0.05, 0.1) is 16.7 Å². The minimum atomic E-state index is -0.101. The molecule has 0 bridgehead atoms. The van der Waals surface area contributed by atoms with E-state index in [0.29, 0.717) is 18.1 Å². The fourth-order valence-electron chi connectivity index (χ4n) is 4.32. The Hall–Kier alpha value is -3.23. The highest BCUT2D eigenvalue weighted by Gasteiger charge is 2.43. The molecule has 1 fully saturated rings. The van der Waals surface area contributed by atoms with Crippen molar-refractivity contribution >= 4 is 23.0 Å². The lowest BCUT2D eigenvalue weighted by atomic mass is 9.94. The van der Waals surface area contributed by atoms with Gasteiger partial charge in [-0.3, -0.25) is 4.79 Å². The number of amides is 1. The Bertz CT molecular complexity index is 995. The van der Waals surface area contributed by atoms with E-state index < -0.39 is 0 Å². The molecule has 0 aromatic carbocycles. The van der Waals surface area contributed by atoms with E-state index in [1.807, 2.05) is 17.0 Å². The lowest BCUT2D eigenvalue weighted by Gasteiger charge is -2.24. The molecule has 1 amide bonds. The molecule has 4 rings (SSSR count). The van der Waals surface area contributed by atoms with Crippen LogP contribution in [0.4, 0.5) is 11.5 Å². The Morgan fingerprint density at radius 1 is 1.35 bits per heavy atom. The molecule has 2 aliphatic rings. The highest BCUT2D eigenvalue weighted by atomic mass is 16.5. The fraction of sp³-hybridized carbons (Fsp3) is 0.500. The average molecular weight is 425 g/mol. The number of aromatic nitrogens is 2. The molecule has 164 valence electrons. The molecular weight excluding hydrogens is 396 g/mol. The Kier molecular flexibility index (Phi) is 5.51. The van der Waals surface area contributed by atoms with Crippen LogP contribution in [0, 0.1) is 16.2 Å². The van der Waals surface area contributed by atoms with Crippen LogP contribution in [0.1, 0.15) is 49.8 Å². The van der Waals surface area contributed by atoms with Crippen molar-refractivity contribution in [2.24, 2.45) is 16.6 Å². The largest absolute Gasteiger partial charge is 0.381 e. The van der Waals surface area contributed by atoms with Gasteiger partial charge in [0.15, 0.2) is 11.5 Å². The van der Waals surface area contributed by atoms with E-state index in [2.05, 4.69) is 42.6 Å². The third-order valence-corrected chi connectivity index (χ3v) is 5.85. The number of carbonyl (C=O) groups is 1. The third kappa shape index (κ3) is 4.17. The number of carbonyl (C=O) groups excluding carboxylic acids is 1. The lowest BCUT2D eigenvalue weighted by molar-refractivity contribution is 0.0723. The van der Waals surface area contributed by atoms with Crippen LogP contribution in [0.3, 0.4) is 0 Å². The summed E-state index contributed by atoms with van der Waals surface area (Å²) >= 11 is 0. The summed E-state index contributed by atoms with van der Waals surface area (Å²) in [6.07, 6.45) is 5.20. The predicted octanol–water partition coefficient (Wildman–Crippen LogP) is 3.96. The molecule has 31 heavy (non-hydrogen) atoms. The highest BCUT2D eigenvalue weighted by molar-refractivity contribution is 5.93. The van der Waals surface area contributed by atoms with E-state index in [1.165, 1.54) is 11.3 Å². The number of hydrogen-bond donors (Lipinski definition) is 1. The van der Waals surface area contributed by atoms with E-state index >= 15 is 0 Å². The van der Waals surface area contributed by atoms with E-state index in [4.69, 9.17) is 9.51 Å². The van der Waals surface area contributed by atoms with Gasteiger partial charge in [-0.2, -0.15) is 0 Å². The summed E-state index contributed by atoms with van der Waals surface area (Å²) in [6.45, 7) is 7.82. The minimum Gasteiger partial charge on any atom is -0.381 e. The maximum absolute atomic E-state index is 12.8. The van der Waals surface area contributed by atoms with E-state index in [1.54, 1.807) is 13.1 Å². The summed E-state index contributed by atoms with van der Waals surface area (Å²) < 4.78 is 4.83. The smallest absolute Gasteiger partial charge is 0.276 e. The van der Waals surface area contributed by atoms with Crippen molar-refractivity contribution in [1.82, 2.24) is 15.0 Å². The molecule has 1 aliphatic carbocycles. The summed E-state index contributed by atoms with van der Waals surface area (Å²) in [5.41, 5.74) is 3.11. The number of nitrogens with one attached hydrogen (secondary N) is 1. The number of likely N-dealkylation sites (tertiary alicyclic amines) is 1. The van der Waals surface area contributed by atoms with Crippen molar-refractivity contribution in [2.75, 3.05) is 30.5 Å². The SMILES string of the molecule is CN(N=O)c1nc(C2=CCC3C2CCN3C(=O)c2ccon2)ccc1NCC(C)(C)C. The van der Waals surface area contributed by atoms with Crippen molar-refractivity contribution in [3.05, 3.63) is 46.8 Å². The molecule has 0 spiro atoms. The number of anilines is 2. The molecule has 2 aromatic rings. The van der Waals surface area contributed by atoms with Crippen LogP contribution >= 0.6 is 0 Å². The molecule has 3 heterocycles. The Morgan fingerprint density at radius 3 is 2.84 bits per heavy atom. The normalized spacial score (nSPS) is 20.4. The number of nitrogens with zero attached hydrogens (tertiary/aromatic N) is 5. The molecule has 2 unspecified atom stereocenters. The predicted molar refractivity (Wildman–Crippen MR) is 118 cm³/mol. The van der Waals surface area contributed by atoms with Crippen LogP contribution in [-0.4, -0.2) is 47.1 Å². The summed E-state index contributed by atoms with van der Waals surface area (Å²) in [5.74, 6) is 0.602. The van der Waals surface area contributed by atoms with Gasteiger partial charge in [0.25, 0.3) is 5.91 Å². The molecule has 9 nitrogen and oxygen atoms in total. The second kappa shape index (κ2) is 8.13. The number of pyridine rings is 1.